The zero-order chi connectivity index (χ0) is 13.9. The molecule has 1 aromatic heterocycles. The van der Waals surface area contributed by atoms with E-state index in [9.17, 15) is 0 Å². The fraction of sp³-hybridized carbons (Fsp3) is 0.0625. The predicted octanol–water partition coefficient (Wildman–Crippen LogP) is 5.21. The van der Waals surface area contributed by atoms with Crippen LogP contribution < -0.4 is 5.32 Å². The Balaban J connectivity index is 1.90. The van der Waals surface area contributed by atoms with Gasteiger partial charge in [0.1, 0.15) is 0 Å². The van der Waals surface area contributed by atoms with Gasteiger partial charge in [0.05, 0.1) is 5.52 Å². The van der Waals surface area contributed by atoms with Crippen LogP contribution in [0.25, 0.3) is 10.9 Å². The van der Waals surface area contributed by atoms with Crippen LogP contribution in [0.5, 0.6) is 0 Å². The summed E-state index contributed by atoms with van der Waals surface area (Å²) in [6.07, 6.45) is 1.84. The van der Waals surface area contributed by atoms with E-state index in [0.29, 0.717) is 0 Å². The van der Waals surface area contributed by atoms with E-state index in [1.165, 1.54) is 9.13 Å². The SMILES string of the molecule is Brc1ccc(CNc2cccc(I)c2)c2ncccc12. The molecule has 0 saturated heterocycles. The number of halogens is 2. The molecule has 0 aliphatic carbocycles. The minimum absolute atomic E-state index is 0.765. The highest BCUT2D eigenvalue weighted by Gasteiger charge is 2.05. The van der Waals surface area contributed by atoms with Gasteiger partial charge in [-0.2, -0.15) is 0 Å². The molecule has 0 bridgehead atoms. The van der Waals surface area contributed by atoms with Crippen molar-refractivity contribution in [1.82, 2.24) is 4.98 Å². The van der Waals surface area contributed by atoms with Gasteiger partial charge >= 0.3 is 0 Å². The van der Waals surface area contributed by atoms with E-state index in [1.54, 1.807) is 0 Å². The molecule has 4 heteroatoms. The number of nitrogens with one attached hydrogen (secondary N) is 1. The summed E-state index contributed by atoms with van der Waals surface area (Å²) in [6, 6.07) is 16.6. The van der Waals surface area contributed by atoms with Crippen molar-refractivity contribution >= 4 is 55.1 Å². The molecular weight excluding hydrogens is 427 g/mol. The quantitative estimate of drug-likeness (QED) is 0.567. The Labute approximate surface area is 139 Å². The molecule has 1 N–H and O–H groups in total. The third-order valence-electron chi connectivity index (χ3n) is 3.11. The number of rotatable bonds is 3. The van der Waals surface area contributed by atoms with Crippen LogP contribution in [0.4, 0.5) is 5.69 Å². The first-order valence-electron chi connectivity index (χ1n) is 6.25. The molecule has 0 fully saturated rings. The highest BCUT2D eigenvalue weighted by Crippen LogP contribution is 2.25. The van der Waals surface area contributed by atoms with Crippen molar-refractivity contribution in [2.75, 3.05) is 5.32 Å². The number of fused-ring (bicyclic) bond motifs is 1. The number of aromatic nitrogens is 1. The van der Waals surface area contributed by atoms with Crippen LogP contribution >= 0.6 is 38.5 Å². The standard InChI is InChI=1S/C16H12BrIN2/c17-15-7-6-11(16-14(15)5-2-8-19-16)10-20-13-4-1-3-12(18)9-13/h1-9,20H,10H2. The molecule has 3 rings (SSSR count). The number of nitrogens with zero attached hydrogens (tertiary/aromatic N) is 1. The molecule has 2 aromatic carbocycles. The van der Waals surface area contributed by atoms with Crippen molar-refractivity contribution in [3.63, 3.8) is 0 Å². The van der Waals surface area contributed by atoms with Crippen molar-refractivity contribution in [2.24, 2.45) is 0 Å². The fourth-order valence-corrected chi connectivity index (χ4v) is 3.13. The first-order chi connectivity index (χ1) is 9.74. The third kappa shape index (κ3) is 2.96. The van der Waals surface area contributed by atoms with Crippen LogP contribution in [0.1, 0.15) is 5.56 Å². The van der Waals surface area contributed by atoms with Crippen LogP contribution in [0.3, 0.4) is 0 Å². The highest BCUT2D eigenvalue weighted by atomic mass is 127. The van der Waals surface area contributed by atoms with Gasteiger partial charge in [0, 0.05) is 31.9 Å². The second-order valence-electron chi connectivity index (χ2n) is 4.47. The summed E-state index contributed by atoms with van der Waals surface area (Å²) >= 11 is 5.89. The van der Waals surface area contributed by atoms with Crippen LogP contribution in [0, 0.1) is 3.57 Å². The molecule has 2 nitrogen and oxygen atoms in total. The zero-order valence-corrected chi connectivity index (χ0v) is 14.3. The number of hydrogen-bond donors (Lipinski definition) is 1. The number of pyridine rings is 1. The van der Waals surface area contributed by atoms with Crippen molar-refractivity contribution in [1.29, 1.82) is 0 Å². The van der Waals surface area contributed by atoms with Crippen molar-refractivity contribution in [2.45, 2.75) is 6.54 Å². The van der Waals surface area contributed by atoms with E-state index in [2.05, 4.69) is 91.3 Å². The minimum Gasteiger partial charge on any atom is -0.381 e. The molecule has 0 atom stereocenters. The van der Waals surface area contributed by atoms with E-state index in [1.807, 2.05) is 12.3 Å². The Morgan fingerprint density at radius 3 is 2.85 bits per heavy atom. The van der Waals surface area contributed by atoms with E-state index >= 15 is 0 Å². The first kappa shape index (κ1) is 13.8. The number of hydrogen-bond acceptors (Lipinski definition) is 2. The van der Waals surface area contributed by atoms with Gasteiger partial charge in [0.2, 0.25) is 0 Å². The average molecular weight is 439 g/mol. The first-order valence-corrected chi connectivity index (χ1v) is 8.13. The third-order valence-corrected chi connectivity index (χ3v) is 4.47. The van der Waals surface area contributed by atoms with Gasteiger partial charge in [0.15, 0.2) is 0 Å². The maximum absolute atomic E-state index is 4.50. The van der Waals surface area contributed by atoms with E-state index < -0.39 is 0 Å². The normalized spacial score (nSPS) is 10.7. The Morgan fingerprint density at radius 2 is 2.00 bits per heavy atom. The average Bonchev–Trinajstić information content (AvgIpc) is 2.47. The lowest BCUT2D eigenvalue weighted by Crippen LogP contribution is -2.01. The lowest BCUT2D eigenvalue weighted by Gasteiger charge is -2.10. The van der Waals surface area contributed by atoms with Crippen LogP contribution in [-0.2, 0) is 6.54 Å². The molecule has 0 aliphatic rings. The van der Waals surface area contributed by atoms with Gasteiger partial charge in [-0.1, -0.05) is 34.1 Å². The molecule has 3 aromatic rings. The molecule has 0 spiro atoms. The van der Waals surface area contributed by atoms with Crippen molar-refractivity contribution < 1.29 is 0 Å². The minimum atomic E-state index is 0.765. The second kappa shape index (κ2) is 6.10. The Kier molecular flexibility index (Phi) is 4.21. The zero-order valence-electron chi connectivity index (χ0n) is 10.6. The van der Waals surface area contributed by atoms with Gasteiger partial charge in [-0.25, -0.2) is 0 Å². The molecule has 1 heterocycles. The summed E-state index contributed by atoms with van der Waals surface area (Å²) in [5, 5.41) is 4.60. The molecular formula is C16H12BrIN2. The largest absolute Gasteiger partial charge is 0.381 e. The molecule has 0 amide bonds. The molecule has 100 valence electrons. The summed E-state index contributed by atoms with van der Waals surface area (Å²) in [6.45, 7) is 0.765. The van der Waals surface area contributed by atoms with E-state index in [0.717, 1.165) is 27.6 Å². The summed E-state index contributed by atoms with van der Waals surface area (Å²) in [4.78, 5) is 4.50. The van der Waals surface area contributed by atoms with Gasteiger partial charge < -0.3 is 5.32 Å². The smallest absolute Gasteiger partial charge is 0.0763 e. The van der Waals surface area contributed by atoms with Gasteiger partial charge in [-0.3, -0.25) is 4.98 Å². The van der Waals surface area contributed by atoms with Gasteiger partial charge in [-0.15, -0.1) is 0 Å². The van der Waals surface area contributed by atoms with Crippen LogP contribution in [0.2, 0.25) is 0 Å². The Hall–Kier alpha value is -1.14. The monoisotopic (exact) mass is 438 g/mol. The lowest BCUT2D eigenvalue weighted by atomic mass is 10.1. The number of anilines is 1. The maximum atomic E-state index is 4.50. The predicted molar refractivity (Wildman–Crippen MR) is 95.9 cm³/mol. The molecule has 0 saturated carbocycles. The van der Waals surface area contributed by atoms with E-state index in [4.69, 9.17) is 0 Å². The molecule has 0 unspecified atom stereocenters. The van der Waals surface area contributed by atoms with Crippen LogP contribution in [-0.4, -0.2) is 4.98 Å². The fourth-order valence-electron chi connectivity index (χ4n) is 2.13. The van der Waals surface area contributed by atoms with Gasteiger partial charge in [-0.05, 0) is 58.5 Å². The van der Waals surface area contributed by atoms with Crippen LogP contribution in [0.15, 0.2) is 59.2 Å². The van der Waals surface area contributed by atoms with E-state index in [-0.39, 0.29) is 0 Å². The summed E-state index contributed by atoms with van der Waals surface area (Å²) in [7, 11) is 0. The Morgan fingerprint density at radius 1 is 1.10 bits per heavy atom. The highest BCUT2D eigenvalue weighted by molar-refractivity contribution is 14.1. The van der Waals surface area contributed by atoms with Crippen molar-refractivity contribution in [3.05, 3.63) is 68.3 Å². The molecule has 0 radical (unpaired) electrons. The molecule has 20 heavy (non-hydrogen) atoms. The van der Waals surface area contributed by atoms with Gasteiger partial charge in [0.25, 0.3) is 0 Å². The van der Waals surface area contributed by atoms with Crippen molar-refractivity contribution in [3.8, 4) is 0 Å². The summed E-state index contributed by atoms with van der Waals surface area (Å²) in [5.41, 5.74) is 3.37. The maximum Gasteiger partial charge on any atom is 0.0763 e. The number of benzene rings is 2. The summed E-state index contributed by atoms with van der Waals surface area (Å²) in [5.74, 6) is 0. The lowest BCUT2D eigenvalue weighted by molar-refractivity contribution is 1.15. The topological polar surface area (TPSA) is 24.9 Å². The Bertz CT molecular complexity index is 758. The summed E-state index contributed by atoms with van der Waals surface area (Å²) < 4.78 is 2.31. The second-order valence-corrected chi connectivity index (χ2v) is 6.57. The molecule has 0 aliphatic heterocycles.